The van der Waals surface area contributed by atoms with Crippen molar-refractivity contribution in [1.29, 1.82) is 0 Å². The molecule has 1 saturated carbocycles. The summed E-state index contributed by atoms with van der Waals surface area (Å²) >= 11 is 0. The fourth-order valence-corrected chi connectivity index (χ4v) is 4.55. The zero-order valence-electron chi connectivity index (χ0n) is 16.8. The number of nitrogens with zero attached hydrogens (tertiary/aromatic N) is 2. The van der Waals surface area contributed by atoms with Crippen molar-refractivity contribution >= 4 is 16.8 Å². The monoisotopic (exact) mass is 370 g/mol. The molecule has 1 aliphatic carbocycles. The van der Waals surface area contributed by atoms with Gasteiger partial charge in [0.2, 0.25) is 5.91 Å². The average molecular weight is 371 g/mol. The highest BCUT2D eigenvalue weighted by Gasteiger charge is 2.34. The van der Waals surface area contributed by atoms with E-state index in [0.29, 0.717) is 13.0 Å². The number of carbonyl (C=O) groups excluding carboxylic acids is 1. The number of hydrogen-bond acceptors (Lipinski definition) is 3. The van der Waals surface area contributed by atoms with Crippen molar-refractivity contribution in [2.45, 2.75) is 64.1 Å². The molecule has 0 spiro atoms. The van der Waals surface area contributed by atoms with Crippen LogP contribution in [0.3, 0.4) is 0 Å². The molecule has 1 fully saturated rings. The first-order chi connectivity index (χ1) is 13.1. The summed E-state index contributed by atoms with van der Waals surface area (Å²) in [6.45, 7) is 5.86. The van der Waals surface area contributed by atoms with Crippen LogP contribution in [0, 0.1) is 0 Å². The molecule has 0 saturated heterocycles. The lowest BCUT2D eigenvalue weighted by atomic mass is 9.80. The normalized spacial score (nSPS) is 16.9. The molecule has 5 nitrogen and oxygen atoms in total. The zero-order chi connectivity index (χ0) is 19.3. The van der Waals surface area contributed by atoms with E-state index in [9.17, 15) is 4.79 Å². The Morgan fingerprint density at radius 1 is 1.26 bits per heavy atom. The number of fused-ring (bicyclic) bond motifs is 1. The largest absolute Gasteiger partial charge is 0.370 e. The fourth-order valence-electron chi connectivity index (χ4n) is 4.55. The molecule has 0 atom stereocenters. The Hall–Kier alpha value is -1.85. The predicted molar refractivity (Wildman–Crippen MR) is 112 cm³/mol. The van der Waals surface area contributed by atoms with E-state index in [1.165, 1.54) is 48.6 Å². The van der Waals surface area contributed by atoms with Gasteiger partial charge in [-0.1, -0.05) is 44.4 Å². The minimum absolute atomic E-state index is 0.255. The van der Waals surface area contributed by atoms with Crippen LogP contribution in [0.25, 0.3) is 10.9 Å². The highest BCUT2D eigenvalue weighted by Crippen LogP contribution is 2.32. The van der Waals surface area contributed by atoms with Gasteiger partial charge in [0.05, 0.1) is 0 Å². The van der Waals surface area contributed by atoms with Crippen LogP contribution in [0.2, 0.25) is 0 Å². The van der Waals surface area contributed by atoms with Crippen molar-refractivity contribution in [1.82, 2.24) is 14.8 Å². The van der Waals surface area contributed by atoms with Crippen molar-refractivity contribution in [2.75, 3.05) is 20.1 Å². The molecule has 0 radical (unpaired) electrons. The average Bonchev–Trinajstić information content (AvgIpc) is 3.04. The topological polar surface area (TPSA) is 63.3 Å². The van der Waals surface area contributed by atoms with Crippen LogP contribution in [-0.4, -0.2) is 41.1 Å². The molecule has 0 bridgehead atoms. The number of rotatable bonds is 9. The molecule has 1 aromatic heterocycles. The van der Waals surface area contributed by atoms with Crippen molar-refractivity contribution < 1.29 is 4.79 Å². The van der Waals surface area contributed by atoms with Gasteiger partial charge in [0.1, 0.15) is 0 Å². The third-order valence-corrected chi connectivity index (χ3v) is 6.31. The standard InChI is InChI=1S/C22H34N4O/c1-3-25(2)22(12-7-4-8-13-22)17-24-15-18-16-26(14-11-21(23)27)20-10-6-5-9-19(18)20/h5-6,9-10,16,24H,3-4,7-8,11-15,17H2,1-2H3,(H2,23,27). The second-order valence-electron chi connectivity index (χ2n) is 7.98. The number of hydrogen-bond donors (Lipinski definition) is 2. The van der Waals surface area contributed by atoms with Crippen molar-refractivity contribution in [3.05, 3.63) is 36.0 Å². The molecule has 1 heterocycles. The highest BCUT2D eigenvalue weighted by molar-refractivity contribution is 5.84. The van der Waals surface area contributed by atoms with E-state index in [0.717, 1.165) is 19.6 Å². The first-order valence-corrected chi connectivity index (χ1v) is 10.3. The van der Waals surface area contributed by atoms with Gasteiger partial charge < -0.3 is 15.6 Å². The lowest BCUT2D eigenvalue weighted by molar-refractivity contribution is -0.118. The number of nitrogens with one attached hydrogen (secondary N) is 1. The molecular weight excluding hydrogens is 336 g/mol. The van der Waals surface area contributed by atoms with Crippen LogP contribution < -0.4 is 11.1 Å². The maximum Gasteiger partial charge on any atom is 0.219 e. The van der Waals surface area contributed by atoms with E-state index >= 15 is 0 Å². The van der Waals surface area contributed by atoms with Gasteiger partial charge in [-0.25, -0.2) is 0 Å². The quantitative estimate of drug-likeness (QED) is 0.712. The summed E-state index contributed by atoms with van der Waals surface area (Å²) < 4.78 is 2.16. The van der Waals surface area contributed by atoms with Crippen LogP contribution in [0.4, 0.5) is 0 Å². The summed E-state index contributed by atoms with van der Waals surface area (Å²) in [5.74, 6) is -0.255. The number of amides is 1. The Labute approximate surface area is 162 Å². The fraction of sp³-hybridized carbons (Fsp3) is 0.591. The van der Waals surface area contributed by atoms with Gasteiger partial charge in [-0.3, -0.25) is 9.69 Å². The van der Waals surface area contributed by atoms with Crippen molar-refractivity contribution in [2.24, 2.45) is 5.73 Å². The molecule has 1 aliphatic rings. The second-order valence-corrected chi connectivity index (χ2v) is 7.98. The molecule has 0 unspecified atom stereocenters. The number of aryl methyl sites for hydroxylation is 1. The summed E-state index contributed by atoms with van der Waals surface area (Å²) in [6.07, 6.45) is 9.15. The highest BCUT2D eigenvalue weighted by atomic mass is 16.1. The molecule has 5 heteroatoms. The predicted octanol–water partition coefficient (Wildman–Crippen LogP) is 3.26. The van der Waals surface area contributed by atoms with Crippen LogP contribution in [-0.2, 0) is 17.9 Å². The van der Waals surface area contributed by atoms with Gasteiger partial charge in [-0.05, 0) is 38.1 Å². The smallest absolute Gasteiger partial charge is 0.219 e. The lowest BCUT2D eigenvalue weighted by Gasteiger charge is -2.44. The number of nitrogens with two attached hydrogens (primary N) is 1. The van der Waals surface area contributed by atoms with Crippen LogP contribution >= 0.6 is 0 Å². The van der Waals surface area contributed by atoms with E-state index in [2.05, 4.69) is 53.2 Å². The minimum atomic E-state index is -0.255. The number of carbonyl (C=O) groups is 1. The molecule has 27 heavy (non-hydrogen) atoms. The van der Waals surface area contributed by atoms with Gasteiger partial charge in [0.15, 0.2) is 0 Å². The number of likely N-dealkylation sites (N-methyl/N-ethyl adjacent to an activating group) is 1. The summed E-state index contributed by atoms with van der Waals surface area (Å²) in [5.41, 5.74) is 8.10. The van der Waals surface area contributed by atoms with E-state index in [1.807, 2.05) is 6.07 Å². The van der Waals surface area contributed by atoms with Gasteiger partial charge in [-0.2, -0.15) is 0 Å². The van der Waals surface area contributed by atoms with E-state index in [1.54, 1.807) is 0 Å². The van der Waals surface area contributed by atoms with Crippen LogP contribution in [0.15, 0.2) is 30.5 Å². The Bertz CT molecular complexity index is 761. The van der Waals surface area contributed by atoms with Gasteiger partial charge in [-0.15, -0.1) is 0 Å². The summed E-state index contributed by atoms with van der Waals surface area (Å²) in [7, 11) is 2.27. The third-order valence-electron chi connectivity index (χ3n) is 6.31. The van der Waals surface area contributed by atoms with E-state index < -0.39 is 0 Å². The zero-order valence-corrected chi connectivity index (χ0v) is 16.8. The SMILES string of the molecule is CCN(C)C1(CNCc2cn(CCC(N)=O)c3ccccc23)CCCCC1. The number of aromatic nitrogens is 1. The Morgan fingerprint density at radius 3 is 2.70 bits per heavy atom. The third kappa shape index (κ3) is 4.53. The summed E-state index contributed by atoms with van der Waals surface area (Å²) in [6, 6.07) is 8.42. The van der Waals surface area contributed by atoms with Crippen molar-refractivity contribution in [3.8, 4) is 0 Å². The molecule has 0 aliphatic heterocycles. The van der Waals surface area contributed by atoms with E-state index in [-0.39, 0.29) is 11.4 Å². The Balaban J connectivity index is 1.71. The number of benzene rings is 1. The molecule has 148 valence electrons. The summed E-state index contributed by atoms with van der Waals surface area (Å²) in [5, 5.41) is 5.01. The lowest BCUT2D eigenvalue weighted by Crippen LogP contribution is -2.54. The van der Waals surface area contributed by atoms with Gasteiger partial charge in [0.25, 0.3) is 0 Å². The molecule has 1 amide bonds. The Morgan fingerprint density at radius 2 is 2.00 bits per heavy atom. The first-order valence-electron chi connectivity index (χ1n) is 10.3. The van der Waals surface area contributed by atoms with E-state index in [4.69, 9.17) is 5.73 Å². The molecule has 2 aromatic rings. The molecule has 3 rings (SSSR count). The second kappa shape index (κ2) is 8.89. The number of primary amides is 1. The maximum atomic E-state index is 11.2. The van der Waals surface area contributed by atoms with Gasteiger partial charge in [0, 0.05) is 48.7 Å². The summed E-state index contributed by atoms with van der Waals surface area (Å²) in [4.78, 5) is 13.7. The van der Waals surface area contributed by atoms with Crippen LogP contribution in [0.5, 0.6) is 0 Å². The number of para-hydroxylation sites is 1. The first kappa shape index (κ1) is 19.9. The van der Waals surface area contributed by atoms with Crippen molar-refractivity contribution in [3.63, 3.8) is 0 Å². The maximum absolute atomic E-state index is 11.2. The van der Waals surface area contributed by atoms with Crippen LogP contribution in [0.1, 0.15) is 51.0 Å². The minimum Gasteiger partial charge on any atom is -0.370 e. The van der Waals surface area contributed by atoms with Gasteiger partial charge >= 0.3 is 0 Å². The molecule has 1 aromatic carbocycles. The molecular formula is C22H34N4O. The molecule has 3 N–H and O–H groups in total. The Kier molecular flexibility index (Phi) is 6.55.